The van der Waals surface area contributed by atoms with E-state index in [9.17, 15) is 0 Å². The van der Waals surface area contributed by atoms with Crippen LogP contribution in [-0.2, 0) is 4.74 Å². The number of ether oxygens (including phenoxy) is 2. The zero-order chi connectivity index (χ0) is 14.4. The van der Waals surface area contributed by atoms with E-state index >= 15 is 0 Å². The largest absolute Gasteiger partial charge is 0.494 e. The van der Waals surface area contributed by atoms with Gasteiger partial charge in [0.15, 0.2) is 0 Å². The highest BCUT2D eigenvalue weighted by Crippen LogP contribution is 2.29. The van der Waals surface area contributed by atoms with Crippen molar-refractivity contribution in [2.45, 2.75) is 58.1 Å². The Labute approximate surface area is 122 Å². The van der Waals surface area contributed by atoms with Crippen LogP contribution in [-0.4, -0.2) is 19.3 Å². The van der Waals surface area contributed by atoms with Crippen LogP contribution < -0.4 is 10.5 Å². The van der Waals surface area contributed by atoms with Gasteiger partial charge in [0.25, 0.3) is 0 Å². The van der Waals surface area contributed by atoms with Gasteiger partial charge < -0.3 is 15.2 Å². The second-order valence-electron chi connectivity index (χ2n) is 5.65. The molecule has 20 heavy (non-hydrogen) atoms. The lowest BCUT2D eigenvalue weighted by Gasteiger charge is -2.24. The summed E-state index contributed by atoms with van der Waals surface area (Å²) in [4.78, 5) is 0. The van der Waals surface area contributed by atoms with Gasteiger partial charge in [0, 0.05) is 18.2 Å². The molecule has 3 nitrogen and oxygen atoms in total. The van der Waals surface area contributed by atoms with Crippen LogP contribution in [0.5, 0.6) is 5.75 Å². The van der Waals surface area contributed by atoms with E-state index in [1.54, 1.807) is 0 Å². The molecule has 0 radical (unpaired) electrons. The minimum Gasteiger partial charge on any atom is -0.494 e. The lowest BCUT2D eigenvalue weighted by Crippen LogP contribution is -2.21. The zero-order valence-electron chi connectivity index (χ0n) is 12.7. The molecule has 1 heterocycles. The molecule has 1 aliphatic heterocycles. The molecule has 0 bridgehead atoms. The van der Waals surface area contributed by atoms with E-state index in [-0.39, 0.29) is 6.04 Å². The SMILES string of the molecule is CCOc1ccc(C)cc1C(N)CCC1CCCCO1. The van der Waals surface area contributed by atoms with Crippen LogP contribution in [0, 0.1) is 6.92 Å². The van der Waals surface area contributed by atoms with Gasteiger partial charge in [0.05, 0.1) is 12.7 Å². The normalized spacial score (nSPS) is 20.6. The quantitative estimate of drug-likeness (QED) is 0.861. The third-order valence-corrected chi connectivity index (χ3v) is 3.94. The van der Waals surface area contributed by atoms with Crippen LogP contribution in [0.4, 0.5) is 0 Å². The second-order valence-corrected chi connectivity index (χ2v) is 5.65. The van der Waals surface area contributed by atoms with E-state index in [1.807, 2.05) is 13.0 Å². The fourth-order valence-electron chi connectivity index (χ4n) is 2.80. The Morgan fingerprint density at radius 1 is 1.40 bits per heavy atom. The van der Waals surface area contributed by atoms with Crippen molar-refractivity contribution in [3.05, 3.63) is 29.3 Å². The summed E-state index contributed by atoms with van der Waals surface area (Å²) >= 11 is 0. The Bertz CT molecular complexity index is 413. The van der Waals surface area contributed by atoms with Crippen molar-refractivity contribution in [1.29, 1.82) is 0 Å². The maximum Gasteiger partial charge on any atom is 0.124 e. The van der Waals surface area contributed by atoms with Crippen molar-refractivity contribution in [2.75, 3.05) is 13.2 Å². The first-order valence-corrected chi connectivity index (χ1v) is 7.81. The molecule has 1 saturated heterocycles. The lowest BCUT2D eigenvalue weighted by molar-refractivity contribution is 0.00909. The van der Waals surface area contributed by atoms with Gasteiger partial charge in [0.2, 0.25) is 0 Å². The summed E-state index contributed by atoms with van der Waals surface area (Å²) < 4.78 is 11.5. The Morgan fingerprint density at radius 3 is 2.95 bits per heavy atom. The predicted molar refractivity (Wildman–Crippen MR) is 82.1 cm³/mol. The molecular formula is C17H27NO2. The van der Waals surface area contributed by atoms with Gasteiger partial charge in [-0.05, 0) is 52.0 Å². The van der Waals surface area contributed by atoms with Gasteiger partial charge in [-0.1, -0.05) is 17.7 Å². The summed E-state index contributed by atoms with van der Waals surface area (Å²) in [5, 5.41) is 0. The molecule has 112 valence electrons. The average molecular weight is 277 g/mol. The molecule has 2 unspecified atom stereocenters. The highest BCUT2D eigenvalue weighted by Gasteiger charge is 2.18. The van der Waals surface area contributed by atoms with E-state index in [2.05, 4.69) is 19.1 Å². The van der Waals surface area contributed by atoms with Crippen molar-refractivity contribution < 1.29 is 9.47 Å². The fraction of sp³-hybridized carbons (Fsp3) is 0.647. The molecule has 0 amide bonds. The molecule has 1 aromatic rings. The van der Waals surface area contributed by atoms with Crippen molar-refractivity contribution in [3.8, 4) is 5.75 Å². The first-order chi connectivity index (χ1) is 9.70. The molecule has 1 fully saturated rings. The fourth-order valence-corrected chi connectivity index (χ4v) is 2.80. The first-order valence-electron chi connectivity index (χ1n) is 7.81. The Morgan fingerprint density at radius 2 is 2.25 bits per heavy atom. The van der Waals surface area contributed by atoms with Gasteiger partial charge in [-0.3, -0.25) is 0 Å². The van der Waals surface area contributed by atoms with Gasteiger partial charge in [0.1, 0.15) is 5.75 Å². The number of benzene rings is 1. The van der Waals surface area contributed by atoms with Crippen LogP contribution >= 0.6 is 0 Å². The van der Waals surface area contributed by atoms with Gasteiger partial charge in [-0.2, -0.15) is 0 Å². The van der Waals surface area contributed by atoms with Crippen molar-refractivity contribution >= 4 is 0 Å². The van der Waals surface area contributed by atoms with E-state index < -0.39 is 0 Å². The molecule has 0 aromatic heterocycles. The van der Waals surface area contributed by atoms with Gasteiger partial charge >= 0.3 is 0 Å². The lowest BCUT2D eigenvalue weighted by atomic mass is 9.96. The van der Waals surface area contributed by atoms with E-state index in [1.165, 1.54) is 24.8 Å². The van der Waals surface area contributed by atoms with Gasteiger partial charge in [-0.25, -0.2) is 0 Å². The number of rotatable bonds is 6. The van der Waals surface area contributed by atoms with E-state index in [4.69, 9.17) is 15.2 Å². The highest BCUT2D eigenvalue weighted by molar-refractivity contribution is 5.39. The summed E-state index contributed by atoms with van der Waals surface area (Å²) in [6.07, 6.45) is 6.06. The summed E-state index contributed by atoms with van der Waals surface area (Å²) in [6.45, 7) is 5.68. The summed E-state index contributed by atoms with van der Waals surface area (Å²) in [6, 6.07) is 6.29. The number of hydrogen-bond acceptors (Lipinski definition) is 3. The number of aryl methyl sites for hydroxylation is 1. The van der Waals surface area contributed by atoms with Crippen LogP contribution in [0.3, 0.4) is 0 Å². The maximum atomic E-state index is 6.38. The molecule has 1 aromatic carbocycles. The molecule has 0 aliphatic carbocycles. The van der Waals surface area contributed by atoms with Crippen LogP contribution in [0.25, 0.3) is 0 Å². The van der Waals surface area contributed by atoms with Gasteiger partial charge in [-0.15, -0.1) is 0 Å². The topological polar surface area (TPSA) is 44.5 Å². The second kappa shape index (κ2) is 7.65. The molecule has 2 rings (SSSR count). The monoisotopic (exact) mass is 277 g/mol. The average Bonchev–Trinajstić information content (AvgIpc) is 2.48. The van der Waals surface area contributed by atoms with Crippen molar-refractivity contribution in [2.24, 2.45) is 5.73 Å². The summed E-state index contributed by atoms with van der Waals surface area (Å²) in [5.41, 5.74) is 8.73. The van der Waals surface area contributed by atoms with Crippen LogP contribution in [0.2, 0.25) is 0 Å². The minimum absolute atomic E-state index is 0.0296. The molecular weight excluding hydrogens is 250 g/mol. The third kappa shape index (κ3) is 4.22. The van der Waals surface area contributed by atoms with Crippen molar-refractivity contribution in [3.63, 3.8) is 0 Å². The molecule has 2 atom stereocenters. The molecule has 1 aliphatic rings. The minimum atomic E-state index is 0.0296. The molecule has 0 saturated carbocycles. The Balaban J connectivity index is 1.96. The Hall–Kier alpha value is -1.06. The molecule has 3 heteroatoms. The summed E-state index contributed by atoms with van der Waals surface area (Å²) in [5.74, 6) is 0.926. The Kier molecular flexibility index (Phi) is 5.86. The third-order valence-electron chi connectivity index (χ3n) is 3.94. The van der Waals surface area contributed by atoms with Crippen LogP contribution in [0.15, 0.2) is 18.2 Å². The van der Waals surface area contributed by atoms with Crippen molar-refractivity contribution in [1.82, 2.24) is 0 Å². The van der Waals surface area contributed by atoms with Crippen LogP contribution in [0.1, 0.15) is 56.2 Å². The smallest absolute Gasteiger partial charge is 0.124 e. The molecule has 0 spiro atoms. The first kappa shape index (κ1) is 15.3. The zero-order valence-corrected chi connectivity index (χ0v) is 12.7. The number of hydrogen-bond donors (Lipinski definition) is 1. The standard InChI is InChI=1S/C17H27NO2/c1-3-19-17-10-7-13(2)12-15(17)16(18)9-8-14-6-4-5-11-20-14/h7,10,12,14,16H,3-6,8-9,11,18H2,1-2H3. The molecule has 2 N–H and O–H groups in total. The predicted octanol–water partition coefficient (Wildman–Crippen LogP) is 3.74. The maximum absolute atomic E-state index is 6.38. The highest BCUT2D eigenvalue weighted by atomic mass is 16.5. The summed E-state index contributed by atoms with van der Waals surface area (Å²) in [7, 11) is 0. The van der Waals surface area contributed by atoms with E-state index in [0.717, 1.165) is 30.8 Å². The van der Waals surface area contributed by atoms with E-state index in [0.29, 0.717) is 12.7 Å². The number of nitrogens with two attached hydrogens (primary N) is 1.